The van der Waals surface area contributed by atoms with E-state index in [2.05, 4.69) is 16.4 Å². The van der Waals surface area contributed by atoms with E-state index in [9.17, 15) is 4.79 Å². The molecule has 1 aliphatic heterocycles. The lowest BCUT2D eigenvalue weighted by atomic mass is 10.0. The zero-order valence-electron chi connectivity index (χ0n) is 16.2. The molecule has 1 amide bonds. The lowest BCUT2D eigenvalue weighted by Gasteiger charge is -2.13. The first-order chi connectivity index (χ1) is 14.2. The minimum Gasteiger partial charge on any atom is -0.497 e. The van der Waals surface area contributed by atoms with E-state index in [4.69, 9.17) is 9.47 Å². The summed E-state index contributed by atoms with van der Waals surface area (Å²) >= 11 is 0. The Labute approximate surface area is 170 Å². The van der Waals surface area contributed by atoms with Crippen LogP contribution in [0.2, 0.25) is 0 Å². The highest BCUT2D eigenvalue weighted by Crippen LogP contribution is 2.38. The molecule has 5 heteroatoms. The van der Waals surface area contributed by atoms with Gasteiger partial charge in [-0.3, -0.25) is 9.78 Å². The van der Waals surface area contributed by atoms with Crippen LogP contribution in [0.4, 0.5) is 0 Å². The molecular weight excluding hydrogens is 364 g/mol. The van der Waals surface area contributed by atoms with Gasteiger partial charge >= 0.3 is 0 Å². The summed E-state index contributed by atoms with van der Waals surface area (Å²) in [5, 5.41) is 2.92. The molecule has 1 unspecified atom stereocenters. The quantitative estimate of drug-likeness (QED) is 0.653. The van der Waals surface area contributed by atoms with E-state index in [1.807, 2.05) is 54.7 Å². The Morgan fingerprint density at radius 2 is 2.07 bits per heavy atom. The second kappa shape index (κ2) is 8.61. The summed E-state index contributed by atoms with van der Waals surface area (Å²) in [5.74, 6) is 1.52. The molecular formula is C24H22N2O3. The Kier molecular flexibility index (Phi) is 5.56. The lowest BCUT2D eigenvalue weighted by molar-refractivity contribution is -0.116. The van der Waals surface area contributed by atoms with Crippen LogP contribution in [-0.2, 0) is 11.2 Å². The number of methoxy groups -OCH3 is 1. The van der Waals surface area contributed by atoms with Crippen LogP contribution in [0.3, 0.4) is 0 Å². The Bertz CT molecular complexity index is 1010. The second-order valence-electron chi connectivity index (χ2n) is 6.83. The van der Waals surface area contributed by atoms with Crippen molar-refractivity contribution in [3.63, 3.8) is 0 Å². The number of nitrogens with one attached hydrogen (secondary N) is 1. The number of amides is 1. The van der Waals surface area contributed by atoms with Crippen molar-refractivity contribution < 1.29 is 14.3 Å². The highest BCUT2D eigenvalue weighted by Gasteiger charge is 2.25. The number of ether oxygens (including phenoxy) is 2. The highest BCUT2D eigenvalue weighted by atomic mass is 16.5. The van der Waals surface area contributed by atoms with Gasteiger partial charge in [0.05, 0.1) is 13.7 Å². The molecule has 0 spiro atoms. The number of fused-ring (bicyclic) bond motifs is 1. The maximum absolute atomic E-state index is 12.2. The number of aromatic nitrogens is 1. The summed E-state index contributed by atoms with van der Waals surface area (Å²) in [6.07, 6.45) is 7.58. The standard InChI is InChI=1S/C24H22N2O3/c1-28-20-10-7-17(8-11-20)9-12-23(27)26-16-21-14-18-4-2-6-22(24(18)29-21)19-5-3-13-25-15-19/h2-13,15,21H,14,16H2,1H3,(H,26,27)/b12-9+. The molecule has 146 valence electrons. The first kappa shape index (κ1) is 18.7. The summed E-state index contributed by atoms with van der Waals surface area (Å²) in [4.78, 5) is 16.4. The summed E-state index contributed by atoms with van der Waals surface area (Å²) in [6.45, 7) is 0.451. The van der Waals surface area contributed by atoms with Crippen molar-refractivity contribution in [1.29, 1.82) is 0 Å². The smallest absolute Gasteiger partial charge is 0.244 e. The van der Waals surface area contributed by atoms with Crippen molar-refractivity contribution in [2.45, 2.75) is 12.5 Å². The average molecular weight is 386 g/mol. The number of carbonyl (C=O) groups is 1. The van der Waals surface area contributed by atoms with Crippen LogP contribution in [0.15, 0.2) is 73.1 Å². The van der Waals surface area contributed by atoms with Crippen molar-refractivity contribution >= 4 is 12.0 Å². The van der Waals surface area contributed by atoms with E-state index < -0.39 is 0 Å². The molecule has 0 saturated carbocycles. The molecule has 0 fully saturated rings. The topological polar surface area (TPSA) is 60.5 Å². The largest absolute Gasteiger partial charge is 0.497 e. The fourth-order valence-corrected chi connectivity index (χ4v) is 3.36. The van der Waals surface area contributed by atoms with Crippen LogP contribution < -0.4 is 14.8 Å². The average Bonchev–Trinajstić information content (AvgIpc) is 3.20. The number of hydrogen-bond acceptors (Lipinski definition) is 4. The van der Waals surface area contributed by atoms with Crippen LogP contribution >= 0.6 is 0 Å². The summed E-state index contributed by atoms with van der Waals surface area (Å²) < 4.78 is 11.3. The molecule has 1 aromatic heterocycles. The van der Waals surface area contributed by atoms with Crippen molar-refractivity contribution in [2.75, 3.05) is 13.7 Å². The van der Waals surface area contributed by atoms with Gasteiger partial charge in [0.1, 0.15) is 17.6 Å². The van der Waals surface area contributed by atoms with E-state index in [-0.39, 0.29) is 12.0 Å². The van der Waals surface area contributed by atoms with Gasteiger partial charge in [-0.1, -0.05) is 36.4 Å². The normalized spacial score (nSPS) is 15.0. The van der Waals surface area contributed by atoms with Gasteiger partial charge in [-0.2, -0.15) is 0 Å². The third-order valence-corrected chi connectivity index (χ3v) is 4.85. The zero-order valence-corrected chi connectivity index (χ0v) is 16.2. The van der Waals surface area contributed by atoms with E-state index in [0.29, 0.717) is 6.54 Å². The number of rotatable bonds is 6. The number of para-hydroxylation sites is 1. The van der Waals surface area contributed by atoms with Gasteiger partial charge in [0, 0.05) is 36.0 Å². The Morgan fingerprint density at radius 1 is 1.21 bits per heavy atom. The summed E-state index contributed by atoms with van der Waals surface area (Å²) in [7, 11) is 1.63. The number of pyridine rings is 1. The number of carbonyl (C=O) groups excluding carboxylic acids is 1. The predicted molar refractivity (Wildman–Crippen MR) is 113 cm³/mol. The molecule has 4 rings (SSSR count). The maximum atomic E-state index is 12.2. The molecule has 1 aliphatic rings. The van der Waals surface area contributed by atoms with E-state index in [1.165, 1.54) is 6.08 Å². The second-order valence-corrected chi connectivity index (χ2v) is 6.83. The number of hydrogen-bond donors (Lipinski definition) is 1. The van der Waals surface area contributed by atoms with E-state index in [0.717, 1.165) is 40.2 Å². The van der Waals surface area contributed by atoms with Gasteiger partial charge in [-0.05, 0) is 35.4 Å². The first-order valence-electron chi connectivity index (χ1n) is 9.52. The monoisotopic (exact) mass is 386 g/mol. The molecule has 1 N–H and O–H groups in total. The van der Waals surface area contributed by atoms with Crippen molar-refractivity contribution in [1.82, 2.24) is 10.3 Å². The minimum absolute atomic E-state index is 0.0823. The molecule has 3 aromatic rings. The fourth-order valence-electron chi connectivity index (χ4n) is 3.36. The SMILES string of the molecule is COc1ccc(/C=C/C(=O)NCC2Cc3cccc(-c4cccnc4)c3O2)cc1. The molecule has 2 aromatic carbocycles. The van der Waals surface area contributed by atoms with Gasteiger partial charge in [-0.25, -0.2) is 0 Å². The number of nitrogens with zero attached hydrogens (tertiary/aromatic N) is 1. The molecule has 0 aliphatic carbocycles. The summed E-state index contributed by atoms with van der Waals surface area (Å²) in [5.41, 5.74) is 4.14. The van der Waals surface area contributed by atoms with Gasteiger partial charge < -0.3 is 14.8 Å². The third-order valence-electron chi connectivity index (χ3n) is 4.85. The maximum Gasteiger partial charge on any atom is 0.244 e. The van der Waals surface area contributed by atoms with Gasteiger partial charge in [0.25, 0.3) is 0 Å². The minimum atomic E-state index is -0.146. The van der Waals surface area contributed by atoms with Crippen molar-refractivity contribution in [3.8, 4) is 22.6 Å². The molecule has 29 heavy (non-hydrogen) atoms. The number of benzene rings is 2. The van der Waals surface area contributed by atoms with Gasteiger partial charge in [0.2, 0.25) is 5.91 Å². The third kappa shape index (κ3) is 4.46. The molecule has 0 saturated heterocycles. The van der Waals surface area contributed by atoms with Gasteiger partial charge in [-0.15, -0.1) is 0 Å². The molecule has 1 atom stereocenters. The van der Waals surface area contributed by atoms with Crippen LogP contribution in [0.1, 0.15) is 11.1 Å². The van der Waals surface area contributed by atoms with Crippen molar-refractivity contribution in [3.05, 3.63) is 84.2 Å². The van der Waals surface area contributed by atoms with Crippen LogP contribution in [0.5, 0.6) is 11.5 Å². The Morgan fingerprint density at radius 3 is 2.83 bits per heavy atom. The van der Waals surface area contributed by atoms with Crippen LogP contribution in [-0.4, -0.2) is 30.6 Å². The Balaban J connectivity index is 1.35. The first-order valence-corrected chi connectivity index (χ1v) is 9.52. The lowest BCUT2D eigenvalue weighted by Crippen LogP contribution is -2.33. The van der Waals surface area contributed by atoms with Crippen molar-refractivity contribution in [2.24, 2.45) is 0 Å². The predicted octanol–water partition coefficient (Wildman–Crippen LogP) is 3.89. The van der Waals surface area contributed by atoms with Crippen LogP contribution in [0, 0.1) is 0 Å². The van der Waals surface area contributed by atoms with Gasteiger partial charge in [0.15, 0.2) is 0 Å². The summed E-state index contributed by atoms with van der Waals surface area (Å²) in [6, 6.07) is 17.6. The zero-order chi connectivity index (χ0) is 20.1. The molecule has 0 bridgehead atoms. The molecule has 0 radical (unpaired) electrons. The fraction of sp³-hybridized carbons (Fsp3) is 0.167. The molecule has 2 heterocycles. The highest BCUT2D eigenvalue weighted by molar-refractivity contribution is 5.91. The molecule has 5 nitrogen and oxygen atoms in total. The van der Waals surface area contributed by atoms with E-state index in [1.54, 1.807) is 19.4 Å². The van der Waals surface area contributed by atoms with E-state index >= 15 is 0 Å². The Hall–Kier alpha value is -3.60. The van der Waals surface area contributed by atoms with Crippen LogP contribution in [0.25, 0.3) is 17.2 Å².